The molecule has 0 aliphatic carbocycles. The average molecular weight is 275 g/mol. The standard InChI is InChI=1S/C13H13N3O4/c1-15-5-6-16(12(18)11(15)17)8-10-4-3-9(7-14-10)13(19)20-2/h3-7H,8H2,1-2H3. The maximum Gasteiger partial charge on any atom is 0.339 e. The van der Waals surface area contributed by atoms with Gasteiger partial charge in [0.05, 0.1) is 24.9 Å². The summed E-state index contributed by atoms with van der Waals surface area (Å²) in [4.78, 5) is 38.6. The number of rotatable bonds is 3. The van der Waals surface area contributed by atoms with Crippen molar-refractivity contribution in [3.63, 3.8) is 0 Å². The zero-order chi connectivity index (χ0) is 14.7. The Morgan fingerprint density at radius 2 is 2.00 bits per heavy atom. The largest absolute Gasteiger partial charge is 0.465 e. The molecule has 0 saturated heterocycles. The summed E-state index contributed by atoms with van der Waals surface area (Å²) in [5, 5.41) is 0. The Labute approximate surface area is 114 Å². The number of aryl methyl sites for hydroxylation is 1. The van der Waals surface area contributed by atoms with Crippen molar-refractivity contribution in [2.24, 2.45) is 7.05 Å². The summed E-state index contributed by atoms with van der Waals surface area (Å²) in [6, 6.07) is 3.16. The number of hydrogen-bond acceptors (Lipinski definition) is 5. The average Bonchev–Trinajstić information content (AvgIpc) is 2.48. The van der Waals surface area contributed by atoms with Gasteiger partial charge in [-0.2, -0.15) is 0 Å². The Kier molecular flexibility index (Phi) is 3.79. The summed E-state index contributed by atoms with van der Waals surface area (Å²) in [7, 11) is 2.80. The van der Waals surface area contributed by atoms with Crippen LogP contribution in [0.25, 0.3) is 0 Å². The van der Waals surface area contributed by atoms with E-state index in [0.717, 1.165) is 0 Å². The van der Waals surface area contributed by atoms with E-state index in [4.69, 9.17) is 0 Å². The minimum absolute atomic E-state index is 0.163. The molecule has 0 radical (unpaired) electrons. The monoisotopic (exact) mass is 275 g/mol. The summed E-state index contributed by atoms with van der Waals surface area (Å²) in [5.41, 5.74) is -0.326. The van der Waals surface area contributed by atoms with E-state index < -0.39 is 17.1 Å². The molecule has 104 valence electrons. The van der Waals surface area contributed by atoms with Gasteiger partial charge in [0, 0.05) is 25.6 Å². The minimum atomic E-state index is -0.617. The lowest BCUT2D eigenvalue weighted by molar-refractivity contribution is 0.0600. The van der Waals surface area contributed by atoms with E-state index in [-0.39, 0.29) is 6.54 Å². The maximum absolute atomic E-state index is 11.7. The molecule has 0 fully saturated rings. The molecule has 0 atom stereocenters. The van der Waals surface area contributed by atoms with Crippen LogP contribution < -0.4 is 11.1 Å². The SMILES string of the molecule is COC(=O)c1ccc(Cn2ccn(C)c(=O)c2=O)nc1. The van der Waals surface area contributed by atoms with Crippen LogP contribution in [-0.4, -0.2) is 27.2 Å². The first-order valence-electron chi connectivity index (χ1n) is 5.82. The molecule has 0 aromatic carbocycles. The number of carbonyl (C=O) groups excluding carboxylic acids is 1. The van der Waals surface area contributed by atoms with Gasteiger partial charge in [-0.05, 0) is 12.1 Å². The van der Waals surface area contributed by atoms with Gasteiger partial charge in [0.15, 0.2) is 0 Å². The van der Waals surface area contributed by atoms with Gasteiger partial charge in [0.25, 0.3) is 0 Å². The number of nitrogens with zero attached hydrogens (tertiary/aromatic N) is 3. The zero-order valence-corrected chi connectivity index (χ0v) is 11.1. The third-order valence-electron chi connectivity index (χ3n) is 2.81. The number of esters is 1. The summed E-state index contributed by atoms with van der Waals surface area (Å²) >= 11 is 0. The first-order valence-corrected chi connectivity index (χ1v) is 5.82. The first-order chi connectivity index (χ1) is 9.52. The number of hydrogen-bond donors (Lipinski definition) is 0. The second-order valence-corrected chi connectivity index (χ2v) is 4.18. The first kappa shape index (κ1) is 13.7. The molecule has 0 amide bonds. The van der Waals surface area contributed by atoms with Gasteiger partial charge in [-0.3, -0.25) is 14.6 Å². The van der Waals surface area contributed by atoms with E-state index in [0.29, 0.717) is 11.3 Å². The van der Waals surface area contributed by atoms with E-state index in [9.17, 15) is 14.4 Å². The van der Waals surface area contributed by atoms with Crippen molar-refractivity contribution >= 4 is 5.97 Å². The van der Waals surface area contributed by atoms with Crippen LogP contribution >= 0.6 is 0 Å². The molecule has 7 nitrogen and oxygen atoms in total. The van der Waals surface area contributed by atoms with Crippen LogP contribution in [0.5, 0.6) is 0 Å². The Morgan fingerprint density at radius 3 is 2.60 bits per heavy atom. The fourth-order valence-electron chi connectivity index (χ4n) is 1.65. The highest BCUT2D eigenvalue weighted by Gasteiger charge is 2.07. The van der Waals surface area contributed by atoms with Gasteiger partial charge in [0.1, 0.15) is 0 Å². The molecule has 7 heteroatoms. The van der Waals surface area contributed by atoms with Crippen molar-refractivity contribution in [2.75, 3.05) is 7.11 Å². The molecule has 2 heterocycles. The Hall–Kier alpha value is -2.70. The number of methoxy groups -OCH3 is 1. The van der Waals surface area contributed by atoms with Crippen molar-refractivity contribution in [1.29, 1.82) is 0 Å². The minimum Gasteiger partial charge on any atom is -0.465 e. The molecule has 0 spiro atoms. The van der Waals surface area contributed by atoms with E-state index in [1.54, 1.807) is 12.1 Å². The Morgan fingerprint density at radius 1 is 1.25 bits per heavy atom. The number of pyridine rings is 1. The topological polar surface area (TPSA) is 83.2 Å². The van der Waals surface area contributed by atoms with Crippen LogP contribution in [-0.2, 0) is 18.3 Å². The third kappa shape index (κ3) is 2.66. The lowest BCUT2D eigenvalue weighted by atomic mass is 10.2. The van der Waals surface area contributed by atoms with Crippen molar-refractivity contribution in [3.8, 4) is 0 Å². The molecule has 0 N–H and O–H groups in total. The van der Waals surface area contributed by atoms with Crippen LogP contribution in [0.15, 0.2) is 40.3 Å². The molecule has 0 aliphatic heterocycles. The molecule has 2 aromatic heterocycles. The predicted molar refractivity (Wildman–Crippen MR) is 70.6 cm³/mol. The molecule has 20 heavy (non-hydrogen) atoms. The molecule has 0 unspecified atom stereocenters. The molecule has 0 bridgehead atoms. The van der Waals surface area contributed by atoms with Gasteiger partial charge < -0.3 is 13.9 Å². The zero-order valence-electron chi connectivity index (χ0n) is 11.1. The van der Waals surface area contributed by atoms with Crippen molar-refractivity contribution < 1.29 is 9.53 Å². The second kappa shape index (κ2) is 5.52. The van der Waals surface area contributed by atoms with Crippen LogP contribution in [0.4, 0.5) is 0 Å². The van der Waals surface area contributed by atoms with E-state index in [1.807, 2.05) is 0 Å². The fraction of sp³-hybridized carbons (Fsp3) is 0.231. The Balaban J connectivity index is 2.27. The van der Waals surface area contributed by atoms with Crippen LogP contribution in [0.3, 0.4) is 0 Å². The Bertz CT molecular complexity index is 743. The quantitative estimate of drug-likeness (QED) is 0.571. The lowest BCUT2D eigenvalue weighted by Gasteiger charge is -2.06. The number of aromatic nitrogens is 3. The molecule has 2 rings (SSSR count). The molecular weight excluding hydrogens is 262 g/mol. The van der Waals surface area contributed by atoms with Crippen molar-refractivity contribution in [2.45, 2.75) is 6.54 Å². The summed E-state index contributed by atoms with van der Waals surface area (Å²) in [5.74, 6) is -0.477. The molecular formula is C13H13N3O4. The lowest BCUT2D eigenvalue weighted by Crippen LogP contribution is -2.39. The maximum atomic E-state index is 11.7. The normalized spacial score (nSPS) is 10.3. The summed E-state index contributed by atoms with van der Waals surface area (Å²) < 4.78 is 7.05. The number of carbonyl (C=O) groups is 1. The predicted octanol–water partition coefficient (Wildman–Crippen LogP) is -0.223. The van der Waals surface area contributed by atoms with E-state index >= 15 is 0 Å². The highest BCUT2D eigenvalue weighted by atomic mass is 16.5. The van der Waals surface area contributed by atoms with Crippen LogP contribution in [0, 0.1) is 0 Å². The second-order valence-electron chi connectivity index (χ2n) is 4.18. The van der Waals surface area contributed by atoms with Gasteiger partial charge in [0.2, 0.25) is 0 Å². The van der Waals surface area contributed by atoms with E-state index in [1.165, 1.54) is 41.9 Å². The number of ether oxygens (including phenoxy) is 1. The highest BCUT2D eigenvalue weighted by molar-refractivity contribution is 5.88. The van der Waals surface area contributed by atoms with Gasteiger partial charge in [-0.15, -0.1) is 0 Å². The molecule has 0 saturated carbocycles. The summed E-state index contributed by atoms with van der Waals surface area (Å²) in [6.07, 6.45) is 4.39. The van der Waals surface area contributed by atoms with Gasteiger partial charge in [-0.1, -0.05) is 0 Å². The summed E-state index contributed by atoms with van der Waals surface area (Å²) in [6.45, 7) is 0.163. The van der Waals surface area contributed by atoms with E-state index in [2.05, 4.69) is 9.72 Å². The smallest absolute Gasteiger partial charge is 0.339 e. The van der Waals surface area contributed by atoms with Crippen LogP contribution in [0.2, 0.25) is 0 Å². The van der Waals surface area contributed by atoms with Gasteiger partial charge >= 0.3 is 17.1 Å². The fourth-order valence-corrected chi connectivity index (χ4v) is 1.65. The van der Waals surface area contributed by atoms with Crippen molar-refractivity contribution in [1.82, 2.24) is 14.1 Å². The van der Waals surface area contributed by atoms with Crippen LogP contribution in [0.1, 0.15) is 16.1 Å². The van der Waals surface area contributed by atoms with Gasteiger partial charge in [-0.25, -0.2) is 4.79 Å². The molecule has 2 aromatic rings. The molecule has 0 aliphatic rings. The third-order valence-corrected chi connectivity index (χ3v) is 2.81. The highest BCUT2D eigenvalue weighted by Crippen LogP contribution is 2.02. The van der Waals surface area contributed by atoms with Crippen molar-refractivity contribution in [3.05, 3.63) is 62.7 Å².